The van der Waals surface area contributed by atoms with Crippen LogP contribution in [0.2, 0.25) is 0 Å². The van der Waals surface area contributed by atoms with Crippen LogP contribution in [0.15, 0.2) is 23.1 Å². The highest BCUT2D eigenvalue weighted by Crippen LogP contribution is 2.13. The van der Waals surface area contributed by atoms with Crippen LogP contribution < -0.4 is 5.32 Å². The Morgan fingerprint density at radius 1 is 1.44 bits per heavy atom. The summed E-state index contributed by atoms with van der Waals surface area (Å²) in [6.07, 6.45) is 5.06. The van der Waals surface area contributed by atoms with Crippen LogP contribution in [0.5, 0.6) is 0 Å². The average Bonchev–Trinajstić information content (AvgIpc) is 2.87. The maximum Gasteiger partial charge on any atom is 0.246 e. The molecule has 0 radical (unpaired) electrons. The van der Waals surface area contributed by atoms with Crippen molar-refractivity contribution in [2.75, 3.05) is 5.32 Å². The smallest absolute Gasteiger partial charge is 0.246 e. The second-order valence-corrected chi connectivity index (χ2v) is 4.78. The van der Waals surface area contributed by atoms with Crippen LogP contribution >= 0.6 is 15.9 Å². The number of carbonyl (C=O) groups excluding carboxylic acids is 1. The molecule has 2 heterocycles. The zero-order chi connectivity index (χ0) is 13.1. The predicted octanol–water partition coefficient (Wildman–Crippen LogP) is 1.81. The molecular weight excluding hydrogens is 298 g/mol. The predicted molar refractivity (Wildman–Crippen MR) is 71.2 cm³/mol. The first-order valence-electron chi connectivity index (χ1n) is 5.60. The lowest BCUT2D eigenvalue weighted by Crippen LogP contribution is -2.19. The van der Waals surface area contributed by atoms with Gasteiger partial charge >= 0.3 is 0 Å². The summed E-state index contributed by atoms with van der Waals surface area (Å²) >= 11 is 3.28. The summed E-state index contributed by atoms with van der Waals surface area (Å²) < 4.78 is 4.25. The zero-order valence-electron chi connectivity index (χ0n) is 10.2. The number of aryl methyl sites for hydroxylation is 1. The first-order chi connectivity index (χ1) is 8.60. The van der Waals surface area contributed by atoms with E-state index in [1.54, 1.807) is 23.3 Å². The molecule has 0 unspecified atom stereocenters. The molecule has 0 spiro atoms. The highest BCUT2D eigenvalue weighted by atomic mass is 79.9. The van der Waals surface area contributed by atoms with Crippen molar-refractivity contribution < 1.29 is 4.79 Å². The molecule has 0 aromatic carbocycles. The normalized spacial score (nSPS) is 10.6. The Balaban J connectivity index is 2.00. The molecule has 0 aliphatic heterocycles. The Morgan fingerprint density at radius 2 is 2.22 bits per heavy atom. The van der Waals surface area contributed by atoms with Gasteiger partial charge in [0.1, 0.15) is 6.54 Å². The summed E-state index contributed by atoms with van der Waals surface area (Å²) in [6.45, 7) is 4.90. The third-order valence-corrected chi connectivity index (χ3v) is 2.99. The van der Waals surface area contributed by atoms with Crippen LogP contribution in [0.3, 0.4) is 0 Å². The lowest BCUT2D eigenvalue weighted by atomic mass is 10.4. The third-order valence-electron chi connectivity index (χ3n) is 2.58. The number of rotatable bonds is 4. The first kappa shape index (κ1) is 12.8. The second-order valence-electron chi connectivity index (χ2n) is 3.86. The third kappa shape index (κ3) is 2.79. The van der Waals surface area contributed by atoms with Crippen molar-refractivity contribution in [1.82, 2.24) is 19.6 Å². The lowest BCUT2D eigenvalue weighted by molar-refractivity contribution is -0.116. The molecule has 7 heteroatoms. The number of nitrogens with one attached hydrogen (secondary N) is 1. The van der Waals surface area contributed by atoms with E-state index < -0.39 is 0 Å². The number of anilines is 1. The van der Waals surface area contributed by atoms with Gasteiger partial charge in [0.05, 0.1) is 28.2 Å². The molecule has 0 saturated carbocycles. The quantitative estimate of drug-likeness (QED) is 0.936. The van der Waals surface area contributed by atoms with Gasteiger partial charge in [-0.05, 0) is 29.8 Å². The molecule has 2 aromatic heterocycles. The van der Waals surface area contributed by atoms with Crippen molar-refractivity contribution in [3.8, 4) is 0 Å². The highest BCUT2D eigenvalue weighted by Gasteiger charge is 2.09. The SMILES string of the molecule is CCn1ncc(NC(=O)Cn2cc(Br)cn2)c1C. The van der Waals surface area contributed by atoms with Crippen LogP contribution in [0.1, 0.15) is 12.6 Å². The fraction of sp³-hybridized carbons (Fsp3) is 0.364. The van der Waals surface area contributed by atoms with E-state index in [0.29, 0.717) is 0 Å². The van der Waals surface area contributed by atoms with E-state index in [4.69, 9.17) is 0 Å². The summed E-state index contributed by atoms with van der Waals surface area (Å²) in [5.41, 5.74) is 1.69. The van der Waals surface area contributed by atoms with E-state index >= 15 is 0 Å². The molecular formula is C11H14BrN5O. The monoisotopic (exact) mass is 311 g/mol. The Hall–Kier alpha value is -1.63. The number of halogens is 1. The minimum absolute atomic E-state index is 0.121. The molecule has 1 amide bonds. The molecule has 0 bridgehead atoms. The Labute approximate surface area is 113 Å². The van der Waals surface area contributed by atoms with Crippen LogP contribution in [-0.4, -0.2) is 25.5 Å². The van der Waals surface area contributed by atoms with E-state index in [1.165, 1.54) is 0 Å². The van der Waals surface area contributed by atoms with Gasteiger partial charge < -0.3 is 5.32 Å². The molecule has 0 aliphatic rings. The molecule has 0 fully saturated rings. The van der Waals surface area contributed by atoms with Crippen molar-refractivity contribution in [2.45, 2.75) is 26.9 Å². The summed E-state index contributed by atoms with van der Waals surface area (Å²) in [7, 11) is 0. The molecule has 0 saturated heterocycles. The van der Waals surface area contributed by atoms with Crippen LogP contribution in [0, 0.1) is 6.92 Å². The van der Waals surface area contributed by atoms with Crippen LogP contribution in [0.25, 0.3) is 0 Å². The lowest BCUT2D eigenvalue weighted by Gasteiger charge is -2.05. The van der Waals surface area contributed by atoms with Crippen molar-refractivity contribution >= 4 is 27.5 Å². The highest BCUT2D eigenvalue weighted by molar-refractivity contribution is 9.10. The van der Waals surface area contributed by atoms with Crippen molar-refractivity contribution in [3.05, 3.63) is 28.8 Å². The van der Waals surface area contributed by atoms with Crippen LogP contribution in [-0.2, 0) is 17.9 Å². The molecule has 1 N–H and O–H groups in total. The summed E-state index contributed by atoms with van der Waals surface area (Å²) in [6, 6.07) is 0. The van der Waals surface area contributed by atoms with Crippen molar-refractivity contribution in [2.24, 2.45) is 0 Å². The Kier molecular flexibility index (Phi) is 3.81. The maximum atomic E-state index is 11.8. The number of nitrogens with zero attached hydrogens (tertiary/aromatic N) is 4. The van der Waals surface area contributed by atoms with Gasteiger partial charge in [0.25, 0.3) is 0 Å². The minimum atomic E-state index is -0.121. The number of aromatic nitrogens is 4. The van der Waals surface area contributed by atoms with Gasteiger partial charge in [-0.3, -0.25) is 14.2 Å². The zero-order valence-corrected chi connectivity index (χ0v) is 11.8. The van der Waals surface area contributed by atoms with Gasteiger partial charge in [-0.25, -0.2) is 0 Å². The molecule has 6 nitrogen and oxygen atoms in total. The average molecular weight is 312 g/mol. The minimum Gasteiger partial charge on any atom is -0.322 e. The van der Waals surface area contributed by atoms with Crippen LogP contribution in [0.4, 0.5) is 5.69 Å². The van der Waals surface area contributed by atoms with E-state index in [-0.39, 0.29) is 12.5 Å². The molecule has 18 heavy (non-hydrogen) atoms. The fourth-order valence-corrected chi connectivity index (χ4v) is 1.98. The van der Waals surface area contributed by atoms with Gasteiger partial charge in [-0.1, -0.05) is 0 Å². The molecule has 0 atom stereocenters. The van der Waals surface area contributed by atoms with Crippen molar-refractivity contribution in [3.63, 3.8) is 0 Å². The number of carbonyl (C=O) groups is 1. The topological polar surface area (TPSA) is 64.7 Å². The van der Waals surface area contributed by atoms with E-state index in [2.05, 4.69) is 31.4 Å². The molecule has 2 aromatic rings. The van der Waals surface area contributed by atoms with Crippen molar-refractivity contribution in [1.29, 1.82) is 0 Å². The van der Waals surface area contributed by atoms with E-state index in [9.17, 15) is 4.79 Å². The first-order valence-corrected chi connectivity index (χ1v) is 6.39. The second kappa shape index (κ2) is 5.34. The van der Waals surface area contributed by atoms with E-state index in [1.807, 2.05) is 18.5 Å². The summed E-state index contributed by atoms with van der Waals surface area (Å²) in [5, 5.41) is 11.0. The summed E-state index contributed by atoms with van der Waals surface area (Å²) in [4.78, 5) is 11.8. The van der Waals surface area contributed by atoms with E-state index in [0.717, 1.165) is 22.4 Å². The van der Waals surface area contributed by atoms with Gasteiger partial charge in [0.15, 0.2) is 0 Å². The molecule has 2 rings (SSSR count). The number of hydrogen-bond acceptors (Lipinski definition) is 3. The van der Waals surface area contributed by atoms with Gasteiger partial charge in [-0.2, -0.15) is 10.2 Å². The molecule has 96 valence electrons. The fourth-order valence-electron chi connectivity index (χ4n) is 1.65. The number of hydrogen-bond donors (Lipinski definition) is 1. The Bertz CT molecular complexity index is 560. The maximum absolute atomic E-state index is 11.8. The summed E-state index contributed by atoms with van der Waals surface area (Å²) in [5.74, 6) is -0.121. The largest absolute Gasteiger partial charge is 0.322 e. The van der Waals surface area contributed by atoms with Gasteiger partial charge in [-0.15, -0.1) is 0 Å². The van der Waals surface area contributed by atoms with Gasteiger partial charge in [0.2, 0.25) is 5.91 Å². The standard InChI is InChI=1S/C11H14BrN5O/c1-3-17-8(2)10(5-14-17)15-11(18)7-16-6-9(12)4-13-16/h4-6H,3,7H2,1-2H3,(H,15,18). The Morgan fingerprint density at radius 3 is 2.78 bits per heavy atom. The number of amides is 1. The molecule has 0 aliphatic carbocycles. The van der Waals surface area contributed by atoms with Gasteiger partial charge in [0, 0.05) is 12.7 Å².